The van der Waals surface area contributed by atoms with Gasteiger partial charge < -0.3 is 9.84 Å². The summed E-state index contributed by atoms with van der Waals surface area (Å²) in [5.74, 6) is -1.34. The van der Waals surface area contributed by atoms with E-state index in [1.165, 1.54) is 0 Å². The molecule has 1 aliphatic carbocycles. The third-order valence-corrected chi connectivity index (χ3v) is 3.07. The summed E-state index contributed by atoms with van der Waals surface area (Å²) in [6, 6.07) is 0. The molecule has 3 atom stereocenters. The minimum absolute atomic E-state index is 0.223. The van der Waals surface area contributed by atoms with E-state index in [1.54, 1.807) is 0 Å². The number of carboxylic acids is 1. The average molecular weight is 228 g/mol. The Bertz CT molecular complexity index is 262. The fourth-order valence-corrected chi connectivity index (χ4v) is 2.32. The summed E-state index contributed by atoms with van der Waals surface area (Å²) in [6.45, 7) is 4.37. The Hall–Kier alpha value is -1.06. The van der Waals surface area contributed by atoms with E-state index in [4.69, 9.17) is 9.84 Å². The van der Waals surface area contributed by atoms with Crippen molar-refractivity contribution in [2.75, 3.05) is 6.61 Å². The highest BCUT2D eigenvalue weighted by Crippen LogP contribution is 2.34. The lowest BCUT2D eigenvalue weighted by Gasteiger charge is -2.29. The van der Waals surface area contributed by atoms with Gasteiger partial charge in [-0.15, -0.1) is 0 Å². The quantitative estimate of drug-likeness (QED) is 0.748. The van der Waals surface area contributed by atoms with Gasteiger partial charge in [0.05, 0.1) is 18.4 Å². The van der Waals surface area contributed by atoms with E-state index in [9.17, 15) is 9.59 Å². The summed E-state index contributed by atoms with van der Waals surface area (Å²) in [5, 5.41) is 8.98. The number of rotatable bonds is 4. The first-order chi connectivity index (χ1) is 7.54. The predicted molar refractivity (Wildman–Crippen MR) is 58.9 cm³/mol. The standard InChI is InChI=1S/C12H20O4/c1-3-4-16-12(15)10-6-8(2)5-9(7-10)11(13)14/h8-10H,3-7H2,1-2H3,(H,13,14). The van der Waals surface area contributed by atoms with E-state index in [0.29, 0.717) is 19.4 Å². The maximum absolute atomic E-state index is 11.7. The minimum Gasteiger partial charge on any atom is -0.481 e. The maximum Gasteiger partial charge on any atom is 0.308 e. The fraction of sp³-hybridized carbons (Fsp3) is 0.833. The van der Waals surface area contributed by atoms with Gasteiger partial charge in [-0.1, -0.05) is 13.8 Å². The SMILES string of the molecule is CCCOC(=O)C1CC(C)CC(C(=O)O)C1. The van der Waals surface area contributed by atoms with Crippen molar-refractivity contribution in [2.24, 2.45) is 17.8 Å². The zero-order valence-electron chi connectivity index (χ0n) is 9.94. The molecule has 1 saturated carbocycles. The number of ether oxygens (including phenoxy) is 1. The number of carboxylic acid groups (broad SMARTS) is 1. The van der Waals surface area contributed by atoms with Crippen LogP contribution in [0.5, 0.6) is 0 Å². The van der Waals surface area contributed by atoms with Gasteiger partial charge in [-0.25, -0.2) is 0 Å². The van der Waals surface area contributed by atoms with E-state index in [0.717, 1.165) is 12.8 Å². The van der Waals surface area contributed by atoms with Crippen LogP contribution in [0.2, 0.25) is 0 Å². The van der Waals surface area contributed by atoms with Crippen LogP contribution in [0.25, 0.3) is 0 Å². The molecule has 0 spiro atoms. The largest absolute Gasteiger partial charge is 0.481 e. The van der Waals surface area contributed by atoms with E-state index < -0.39 is 5.97 Å². The number of aliphatic carboxylic acids is 1. The highest BCUT2D eigenvalue weighted by Gasteiger charge is 2.35. The Morgan fingerprint density at radius 2 is 1.88 bits per heavy atom. The van der Waals surface area contributed by atoms with Crippen molar-refractivity contribution in [3.63, 3.8) is 0 Å². The van der Waals surface area contributed by atoms with Crippen LogP contribution in [0.1, 0.15) is 39.5 Å². The first-order valence-corrected chi connectivity index (χ1v) is 5.94. The number of esters is 1. The van der Waals surface area contributed by atoms with Crippen LogP contribution in [0.15, 0.2) is 0 Å². The molecule has 0 aromatic rings. The maximum atomic E-state index is 11.7. The predicted octanol–water partition coefficient (Wildman–Crippen LogP) is 2.08. The van der Waals surface area contributed by atoms with Crippen LogP contribution in [0.4, 0.5) is 0 Å². The van der Waals surface area contributed by atoms with Crippen molar-refractivity contribution >= 4 is 11.9 Å². The molecular weight excluding hydrogens is 208 g/mol. The smallest absolute Gasteiger partial charge is 0.308 e. The number of carbonyl (C=O) groups excluding carboxylic acids is 1. The van der Waals surface area contributed by atoms with Gasteiger partial charge in [-0.05, 0) is 31.6 Å². The zero-order valence-corrected chi connectivity index (χ0v) is 9.94. The molecule has 0 amide bonds. The molecule has 1 aliphatic rings. The lowest BCUT2D eigenvalue weighted by molar-refractivity contribution is -0.153. The molecule has 0 bridgehead atoms. The number of hydrogen-bond acceptors (Lipinski definition) is 3. The van der Waals surface area contributed by atoms with Gasteiger partial charge in [0.2, 0.25) is 0 Å². The first-order valence-electron chi connectivity index (χ1n) is 5.94. The molecule has 4 heteroatoms. The van der Waals surface area contributed by atoms with Gasteiger partial charge >= 0.3 is 11.9 Å². The van der Waals surface area contributed by atoms with Crippen LogP contribution < -0.4 is 0 Å². The third kappa shape index (κ3) is 3.51. The van der Waals surface area contributed by atoms with Gasteiger partial charge in [0.1, 0.15) is 0 Å². The fourth-order valence-electron chi connectivity index (χ4n) is 2.32. The van der Waals surface area contributed by atoms with Crippen molar-refractivity contribution in [1.29, 1.82) is 0 Å². The van der Waals surface area contributed by atoms with Gasteiger partial charge in [0.25, 0.3) is 0 Å². The van der Waals surface area contributed by atoms with Gasteiger partial charge in [0.15, 0.2) is 0 Å². The Labute approximate surface area is 96.0 Å². The topological polar surface area (TPSA) is 63.6 Å². The molecule has 0 aromatic heterocycles. The molecule has 16 heavy (non-hydrogen) atoms. The Morgan fingerprint density at radius 3 is 2.44 bits per heavy atom. The second-order valence-corrected chi connectivity index (χ2v) is 4.71. The molecule has 4 nitrogen and oxygen atoms in total. The minimum atomic E-state index is -0.792. The second-order valence-electron chi connectivity index (χ2n) is 4.71. The monoisotopic (exact) mass is 228 g/mol. The lowest BCUT2D eigenvalue weighted by Crippen LogP contribution is -2.32. The van der Waals surface area contributed by atoms with E-state index in [1.807, 2.05) is 13.8 Å². The van der Waals surface area contributed by atoms with Crippen molar-refractivity contribution < 1.29 is 19.4 Å². The van der Waals surface area contributed by atoms with Crippen LogP contribution in [0.3, 0.4) is 0 Å². The van der Waals surface area contributed by atoms with Gasteiger partial charge in [-0.3, -0.25) is 9.59 Å². The summed E-state index contributed by atoms with van der Waals surface area (Å²) in [7, 11) is 0. The van der Waals surface area contributed by atoms with Crippen molar-refractivity contribution in [3.05, 3.63) is 0 Å². The van der Waals surface area contributed by atoms with Gasteiger partial charge in [-0.2, -0.15) is 0 Å². The molecule has 3 unspecified atom stereocenters. The average Bonchev–Trinajstić information content (AvgIpc) is 2.24. The number of carbonyl (C=O) groups is 2. The molecule has 0 saturated heterocycles. The van der Waals surface area contributed by atoms with Crippen LogP contribution in [-0.2, 0) is 14.3 Å². The normalized spacial score (nSPS) is 29.8. The van der Waals surface area contributed by atoms with E-state index >= 15 is 0 Å². The zero-order chi connectivity index (χ0) is 12.1. The van der Waals surface area contributed by atoms with Crippen LogP contribution in [0, 0.1) is 17.8 Å². The molecule has 1 rings (SSSR count). The lowest BCUT2D eigenvalue weighted by atomic mass is 9.76. The van der Waals surface area contributed by atoms with E-state index in [2.05, 4.69) is 0 Å². The Morgan fingerprint density at radius 1 is 1.25 bits per heavy atom. The second kappa shape index (κ2) is 5.87. The summed E-state index contributed by atoms with van der Waals surface area (Å²) >= 11 is 0. The molecule has 0 heterocycles. The van der Waals surface area contributed by atoms with Crippen molar-refractivity contribution in [3.8, 4) is 0 Å². The molecular formula is C12H20O4. The van der Waals surface area contributed by atoms with E-state index in [-0.39, 0.29) is 23.7 Å². The van der Waals surface area contributed by atoms with Crippen molar-refractivity contribution in [1.82, 2.24) is 0 Å². The molecule has 0 aliphatic heterocycles. The van der Waals surface area contributed by atoms with Crippen LogP contribution >= 0.6 is 0 Å². The Balaban J connectivity index is 2.53. The third-order valence-electron chi connectivity index (χ3n) is 3.07. The summed E-state index contributed by atoms with van der Waals surface area (Å²) in [4.78, 5) is 22.6. The highest BCUT2D eigenvalue weighted by molar-refractivity contribution is 5.75. The highest BCUT2D eigenvalue weighted by atomic mass is 16.5. The molecule has 92 valence electrons. The number of hydrogen-bond donors (Lipinski definition) is 1. The molecule has 1 fully saturated rings. The first kappa shape index (κ1) is 13.0. The summed E-state index contributed by atoms with van der Waals surface area (Å²) in [6.07, 6.45) is 2.66. The Kier molecular flexibility index (Phi) is 4.77. The summed E-state index contributed by atoms with van der Waals surface area (Å²) < 4.78 is 5.08. The molecule has 0 radical (unpaired) electrons. The molecule has 0 aromatic carbocycles. The molecule has 1 N–H and O–H groups in total. The van der Waals surface area contributed by atoms with Crippen LogP contribution in [-0.4, -0.2) is 23.7 Å². The van der Waals surface area contributed by atoms with Crippen molar-refractivity contribution in [2.45, 2.75) is 39.5 Å². The summed E-state index contributed by atoms with van der Waals surface area (Å²) in [5.41, 5.74) is 0. The van der Waals surface area contributed by atoms with Gasteiger partial charge in [0, 0.05) is 0 Å².